The van der Waals surface area contributed by atoms with Gasteiger partial charge in [0.15, 0.2) is 0 Å². The van der Waals surface area contributed by atoms with E-state index in [4.69, 9.17) is 4.42 Å². The Morgan fingerprint density at radius 2 is 0.971 bits per heavy atom. The van der Waals surface area contributed by atoms with Crippen LogP contribution in [0, 0.1) is 0 Å². The fourth-order valence-corrected chi connectivity index (χ4v) is 12.8. The molecule has 0 saturated carbocycles. The number of nitrogens with zero attached hydrogens (tertiary/aromatic N) is 2. The Balaban J connectivity index is 1.32. The Morgan fingerprint density at radius 3 is 1.57 bits per heavy atom. The van der Waals surface area contributed by atoms with Crippen molar-refractivity contribution in [1.29, 1.82) is 0 Å². The van der Waals surface area contributed by atoms with Crippen LogP contribution < -0.4 is 26.2 Å². The second kappa shape index (κ2) is 15.0. The van der Waals surface area contributed by atoms with Gasteiger partial charge in [0.05, 0.1) is 5.69 Å². The van der Waals surface area contributed by atoms with Crippen LogP contribution in [-0.2, 0) is 37.9 Å². The van der Waals surface area contributed by atoms with E-state index in [2.05, 4.69) is 237 Å². The van der Waals surface area contributed by atoms with Crippen molar-refractivity contribution < 1.29 is 4.42 Å². The first-order valence-corrected chi connectivity index (χ1v) is 26.5. The maximum Gasteiger partial charge on any atom is 0.257 e. The van der Waals surface area contributed by atoms with Gasteiger partial charge in [-0.2, -0.15) is 0 Å². The number of hydrogen-bond acceptors (Lipinski definition) is 3. The van der Waals surface area contributed by atoms with Gasteiger partial charge >= 0.3 is 0 Å². The van der Waals surface area contributed by atoms with Crippen molar-refractivity contribution >= 4 is 68.4 Å². The fraction of sp³-hybridized carbons (Fsp3) is 0.424. The highest BCUT2D eigenvalue weighted by atomic mass is 16.4. The molecule has 1 aromatic heterocycles. The average Bonchev–Trinajstić information content (AvgIpc) is 3.66. The molecule has 0 bridgehead atoms. The molecule has 0 radical (unpaired) electrons. The minimum Gasteiger partial charge on any atom is -0.440 e. The predicted molar refractivity (Wildman–Crippen MR) is 302 cm³/mol. The smallest absolute Gasteiger partial charge is 0.257 e. The molecular weight excluding hydrogens is 848 g/mol. The van der Waals surface area contributed by atoms with Gasteiger partial charge in [0.1, 0.15) is 5.58 Å². The Hall–Kier alpha value is -5.48. The molecule has 0 spiro atoms. The standard InChI is InChI=1S/C66H77BN2O/c1-60(2,3)41-23-27-52(45(33-41)40-21-19-18-20-22-40)69-55-36-43(62(7,8)9)35-54-58(55)67(57-46-34-42(61(4,5)6)24-28-56(46)70-59(57)69)51-38-49-50(66(16,17)32-31-65(49,14)15)39-53(51)68(54)44-25-26-47-48(37-44)64(12,13)30-29-63(47,10)11/h18-28,33-39H,29-32H2,1-17H3. The third-order valence-electron chi connectivity index (χ3n) is 17.7. The highest BCUT2D eigenvalue weighted by Crippen LogP contribution is 2.54. The molecule has 0 N–H and O–H groups in total. The topological polar surface area (TPSA) is 19.6 Å². The van der Waals surface area contributed by atoms with Crippen molar-refractivity contribution in [3.05, 3.63) is 148 Å². The zero-order valence-corrected chi connectivity index (χ0v) is 45.6. The third kappa shape index (κ3) is 7.18. The van der Waals surface area contributed by atoms with Crippen LogP contribution in [0.4, 0.5) is 34.3 Å². The van der Waals surface area contributed by atoms with Crippen molar-refractivity contribution in [3.63, 3.8) is 0 Å². The molecule has 2 aliphatic heterocycles. The Bertz CT molecular complexity index is 3280. The van der Waals surface area contributed by atoms with Gasteiger partial charge in [-0.1, -0.05) is 172 Å². The zero-order chi connectivity index (χ0) is 50.0. The van der Waals surface area contributed by atoms with Gasteiger partial charge in [0.2, 0.25) is 5.88 Å². The van der Waals surface area contributed by atoms with E-state index in [-0.39, 0.29) is 44.6 Å². The maximum absolute atomic E-state index is 7.52. The molecule has 0 unspecified atom stereocenters. The number of fused-ring (bicyclic) bond motifs is 8. The van der Waals surface area contributed by atoms with Crippen LogP contribution in [0.15, 0.2) is 114 Å². The quantitative estimate of drug-likeness (QED) is 0.165. The number of hydrogen-bond donors (Lipinski definition) is 0. The van der Waals surface area contributed by atoms with Gasteiger partial charge in [-0.05, 0) is 174 Å². The summed E-state index contributed by atoms with van der Waals surface area (Å²) in [6, 6.07) is 43.2. The van der Waals surface area contributed by atoms with Crippen molar-refractivity contribution in [2.45, 2.75) is 181 Å². The van der Waals surface area contributed by atoms with E-state index in [1.165, 1.54) is 107 Å². The third-order valence-corrected chi connectivity index (χ3v) is 17.7. The number of rotatable bonds is 3. The van der Waals surface area contributed by atoms with Crippen LogP contribution in [0.1, 0.15) is 182 Å². The van der Waals surface area contributed by atoms with E-state index in [0.29, 0.717) is 0 Å². The Morgan fingerprint density at radius 1 is 0.443 bits per heavy atom. The minimum absolute atomic E-state index is 0.0200. The lowest BCUT2D eigenvalue weighted by Gasteiger charge is -2.47. The summed E-state index contributed by atoms with van der Waals surface area (Å²) in [7, 11) is 0. The van der Waals surface area contributed by atoms with Gasteiger partial charge in [-0.25, -0.2) is 0 Å². The predicted octanol–water partition coefficient (Wildman–Crippen LogP) is 16.8. The summed E-state index contributed by atoms with van der Waals surface area (Å²) < 4.78 is 7.52. The molecule has 3 nitrogen and oxygen atoms in total. The van der Waals surface area contributed by atoms with Crippen LogP contribution in [0.2, 0.25) is 0 Å². The lowest BCUT2D eigenvalue weighted by atomic mass is 9.33. The van der Waals surface area contributed by atoms with Gasteiger partial charge in [-0.3, -0.25) is 4.90 Å². The molecule has 360 valence electrons. The van der Waals surface area contributed by atoms with Gasteiger partial charge in [-0.15, -0.1) is 0 Å². The van der Waals surface area contributed by atoms with E-state index in [1.807, 2.05) is 0 Å². The van der Waals surface area contributed by atoms with E-state index in [1.54, 1.807) is 0 Å². The fourth-order valence-electron chi connectivity index (χ4n) is 12.8. The van der Waals surface area contributed by atoms with Gasteiger partial charge in [0.25, 0.3) is 6.71 Å². The average molecular weight is 925 g/mol. The lowest BCUT2D eigenvalue weighted by Crippen LogP contribution is -2.61. The van der Waals surface area contributed by atoms with Crippen LogP contribution in [-0.4, -0.2) is 6.71 Å². The maximum atomic E-state index is 7.52. The Labute approximate surface area is 421 Å². The second-order valence-corrected chi connectivity index (χ2v) is 27.6. The van der Waals surface area contributed by atoms with E-state index < -0.39 is 0 Å². The molecule has 0 amide bonds. The largest absolute Gasteiger partial charge is 0.440 e. The summed E-state index contributed by atoms with van der Waals surface area (Å²) in [5.74, 6) is 0.922. The number of anilines is 6. The minimum atomic E-state index is -0.156. The number of benzene rings is 6. The van der Waals surface area contributed by atoms with Crippen LogP contribution in [0.25, 0.3) is 22.1 Å². The van der Waals surface area contributed by atoms with E-state index in [0.717, 1.165) is 30.0 Å². The van der Waals surface area contributed by atoms with Crippen molar-refractivity contribution in [1.82, 2.24) is 0 Å². The summed E-state index contributed by atoms with van der Waals surface area (Å²) >= 11 is 0. The van der Waals surface area contributed by atoms with Gasteiger partial charge in [0, 0.05) is 39.2 Å². The Kier molecular flexibility index (Phi) is 10.1. The first-order chi connectivity index (χ1) is 32.6. The molecule has 70 heavy (non-hydrogen) atoms. The molecule has 7 aromatic rings. The zero-order valence-electron chi connectivity index (χ0n) is 45.6. The normalized spacial score (nSPS) is 18.5. The molecule has 0 saturated heterocycles. The molecule has 0 atom stereocenters. The van der Waals surface area contributed by atoms with E-state index >= 15 is 0 Å². The molecule has 6 aromatic carbocycles. The summed E-state index contributed by atoms with van der Waals surface area (Å²) in [4.78, 5) is 5.25. The summed E-state index contributed by atoms with van der Waals surface area (Å²) in [6.45, 7) is 40.8. The van der Waals surface area contributed by atoms with Crippen molar-refractivity contribution in [2.75, 3.05) is 9.80 Å². The molecule has 0 fully saturated rings. The molecule has 11 rings (SSSR count). The number of furan rings is 1. The molecule has 2 aliphatic carbocycles. The van der Waals surface area contributed by atoms with Crippen molar-refractivity contribution in [3.8, 4) is 11.1 Å². The first kappa shape index (κ1) is 46.9. The van der Waals surface area contributed by atoms with Crippen LogP contribution >= 0.6 is 0 Å². The summed E-state index contributed by atoms with van der Waals surface area (Å²) in [6.07, 6.45) is 4.67. The van der Waals surface area contributed by atoms with Crippen molar-refractivity contribution in [2.24, 2.45) is 0 Å². The lowest BCUT2D eigenvalue weighted by molar-refractivity contribution is 0.332. The highest BCUT2D eigenvalue weighted by molar-refractivity contribution is 7.01. The SMILES string of the molecule is CC(C)(C)c1ccc(N2c3cc(C(C)(C)C)cc4c3B(c3cc5c(cc3N4c3ccc4c(c3)C(C)(C)CCC4(C)C)C(C)(C)CCC5(C)C)c3c2oc2ccc(C(C)(C)C)cc32)c(-c2ccccc2)c1. The summed E-state index contributed by atoms with van der Waals surface area (Å²) in [5, 5.41) is 1.20. The highest BCUT2D eigenvalue weighted by Gasteiger charge is 2.50. The first-order valence-electron chi connectivity index (χ1n) is 26.5. The molecule has 4 aliphatic rings. The monoisotopic (exact) mass is 925 g/mol. The summed E-state index contributed by atoms with van der Waals surface area (Å²) in [5.41, 5.74) is 23.3. The second-order valence-electron chi connectivity index (χ2n) is 27.6. The van der Waals surface area contributed by atoms with Crippen LogP contribution in [0.5, 0.6) is 0 Å². The van der Waals surface area contributed by atoms with E-state index in [9.17, 15) is 0 Å². The molecule has 3 heterocycles. The molecule has 4 heteroatoms. The van der Waals surface area contributed by atoms with Gasteiger partial charge < -0.3 is 9.32 Å². The van der Waals surface area contributed by atoms with Crippen LogP contribution in [0.3, 0.4) is 0 Å². The molecular formula is C66H77BN2O.